The minimum atomic E-state index is -0.0571. The van der Waals surface area contributed by atoms with Gasteiger partial charge in [0, 0.05) is 10.7 Å². The smallest absolute Gasteiger partial charge is 0.241 e. The zero-order chi connectivity index (χ0) is 11.5. The molecule has 0 aliphatic carbocycles. The van der Waals surface area contributed by atoms with Crippen LogP contribution in [0.1, 0.15) is 18.4 Å². The van der Waals surface area contributed by atoms with Crippen LogP contribution in [0.4, 0.5) is 5.69 Å². The van der Waals surface area contributed by atoms with E-state index in [0.717, 1.165) is 30.6 Å². The van der Waals surface area contributed by atoms with E-state index in [2.05, 4.69) is 10.6 Å². The van der Waals surface area contributed by atoms with Crippen LogP contribution in [-0.4, -0.2) is 18.5 Å². The van der Waals surface area contributed by atoms with E-state index in [-0.39, 0.29) is 24.4 Å². The second kappa shape index (κ2) is 6.24. The van der Waals surface area contributed by atoms with Gasteiger partial charge in [-0.15, -0.1) is 12.4 Å². The highest BCUT2D eigenvalue weighted by Crippen LogP contribution is 2.23. The number of carbonyl (C=O) groups excluding carboxylic acids is 1. The van der Waals surface area contributed by atoms with Gasteiger partial charge in [0.2, 0.25) is 5.91 Å². The molecule has 0 spiro atoms. The summed E-state index contributed by atoms with van der Waals surface area (Å²) in [6.45, 7) is 2.83. The third-order valence-electron chi connectivity index (χ3n) is 2.90. The van der Waals surface area contributed by atoms with E-state index in [1.165, 1.54) is 0 Å². The Bertz CT molecular complexity index is 403. The summed E-state index contributed by atoms with van der Waals surface area (Å²) in [6, 6.07) is 5.47. The van der Waals surface area contributed by atoms with Crippen molar-refractivity contribution >= 4 is 35.6 Å². The minimum Gasteiger partial charge on any atom is -0.324 e. The Kier molecular flexibility index (Phi) is 5.25. The third-order valence-corrected chi connectivity index (χ3v) is 3.31. The molecule has 0 radical (unpaired) electrons. The fourth-order valence-corrected chi connectivity index (χ4v) is 2.05. The molecule has 5 heteroatoms. The Morgan fingerprint density at radius 2 is 2.29 bits per heavy atom. The van der Waals surface area contributed by atoms with E-state index in [1.54, 1.807) is 0 Å². The lowest BCUT2D eigenvalue weighted by Crippen LogP contribution is -2.35. The second-order valence-electron chi connectivity index (χ2n) is 4.05. The molecule has 1 aliphatic heterocycles. The predicted octanol–water partition coefficient (Wildman–Crippen LogP) is 2.76. The van der Waals surface area contributed by atoms with E-state index in [4.69, 9.17) is 11.6 Å². The summed E-state index contributed by atoms with van der Waals surface area (Å²) in [5, 5.41) is 6.75. The number of rotatable bonds is 2. The van der Waals surface area contributed by atoms with Crippen molar-refractivity contribution in [3.05, 3.63) is 28.8 Å². The number of amides is 1. The van der Waals surface area contributed by atoms with Crippen molar-refractivity contribution in [3.63, 3.8) is 0 Å². The Hall–Kier alpha value is -0.770. The van der Waals surface area contributed by atoms with Crippen LogP contribution >= 0.6 is 24.0 Å². The first-order valence-electron chi connectivity index (χ1n) is 5.48. The fourth-order valence-electron chi connectivity index (χ4n) is 1.87. The van der Waals surface area contributed by atoms with Gasteiger partial charge in [-0.1, -0.05) is 17.7 Å². The maximum Gasteiger partial charge on any atom is 0.241 e. The van der Waals surface area contributed by atoms with Crippen molar-refractivity contribution in [3.8, 4) is 0 Å². The lowest BCUT2D eigenvalue weighted by atomic mass is 10.1. The van der Waals surface area contributed by atoms with Crippen molar-refractivity contribution in [2.24, 2.45) is 0 Å². The number of anilines is 1. The molecule has 0 unspecified atom stereocenters. The number of carbonyl (C=O) groups is 1. The molecule has 0 bridgehead atoms. The molecule has 1 aliphatic rings. The van der Waals surface area contributed by atoms with Gasteiger partial charge in [0.15, 0.2) is 0 Å². The highest BCUT2D eigenvalue weighted by Gasteiger charge is 2.22. The van der Waals surface area contributed by atoms with Gasteiger partial charge in [0.25, 0.3) is 0 Å². The lowest BCUT2D eigenvalue weighted by Gasteiger charge is -2.13. The number of hydrogen-bond acceptors (Lipinski definition) is 2. The topological polar surface area (TPSA) is 41.1 Å². The minimum absolute atomic E-state index is 0. The van der Waals surface area contributed by atoms with Crippen LogP contribution in [0.5, 0.6) is 0 Å². The normalized spacial score (nSPS) is 18.6. The molecule has 17 heavy (non-hydrogen) atoms. The van der Waals surface area contributed by atoms with E-state index >= 15 is 0 Å². The fraction of sp³-hybridized carbons (Fsp3) is 0.417. The lowest BCUT2D eigenvalue weighted by molar-refractivity contribution is -0.117. The molecule has 0 aromatic heterocycles. The molecule has 1 aromatic carbocycles. The van der Waals surface area contributed by atoms with E-state index in [0.29, 0.717) is 5.02 Å². The molecule has 1 heterocycles. The van der Waals surface area contributed by atoms with Crippen LogP contribution in [0.25, 0.3) is 0 Å². The number of halogens is 2. The quantitative estimate of drug-likeness (QED) is 0.871. The van der Waals surface area contributed by atoms with Crippen molar-refractivity contribution in [1.82, 2.24) is 5.32 Å². The van der Waals surface area contributed by atoms with Gasteiger partial charge < -0.3 is 10.6 Å². The standard InChI is InChI=1S/C12H15ClN2O.ClH/c1-8-9(13)4-2-5-10(8)15-12(16)11-6-3-7-14-11;/h2,4-5,11,14H,3,6-7H2,1H3,(H,15,16);1H/t11-;/m0./s1. The van der Waals surface area contributed by atoms with E-state index in [1.807, 2.05) is 25.1 Å². The SMILES string of the molecule is Cc1c(Cl)cccc1NC(=O)[C@@H]1CCCN1.Cl. The van der Waals surface area contributed by atoms with Crippen LogP contribution in [0.2, 0.25) is 5.02 Å². The molecule has 3 nitrogen and oxygen atoms in total. The monoisotopic (exact) mass is 274 g/mol. The van der Waals surface area contributed by atoms with Crippen LogP contribution < -0.4 is 10.6 Å². The van der Waals surface area contributed by atoms with Gasteiger partial charge >= 0.3 is 0 Å². The molecule has 2 rings (SSSR count). The zero-order valence-electron chi connectivity index (χ0n) is 9.63. The molecule has 2 N–H and O–H groups in total. The molecule has 1 atom stereocenters. The highest BCUT2D eigenvalue weighted by molar-refractivity contribution is 6.31. The van der Waals surface area contributed by atoms with Crippen molar-refractivity contribution in [2.45, 2.75) is 25.8 Å². The predicted molar refractivity (Wildman–Crippen MR) is 73.1 cm³/mol. The average Bonchev–Trinajstić information content (AvgIpc) is 2.78. The molecule has 1 fully saturated rings. The molecular weight excluding hydrogens is 259 g/mol. The zero-order valence-corrected chi connectivity index (χ0v) is 11.2. The summed E-state index contributed by atoms with van der Waals surface area (Å²) >= 11 is 5.99. The molecule has 1 amide bonds. The summed E-state index contributed by atoms with van der Waals surface area (Å²) in [5.74, 6) is 0.0304. The largest absolute Gasteiger partial charge is 0.324 e. The van der Waals surface area contributed by atoms with Crippen LogP contribution in [0.3, 0.4) is 0 Å². The van der Waals surface area contributed by atoms with Crippen molar-refractivity contribution < 1.29 is 4.79 Å². The van der Waals surface area contributed by atoms with Crippen molar-refractivity contribution in [1.29, 1.82) is 0 Å². The maximum absolute atomic E-state index is 11.9. The van der Waals surface area contributed by atoms with Gasteiger partial charge in [-0.3, -0.25) is 4.79 Å². The Morgan fingerprint density at radius 1 is 1.53 bits per heavy atom. The van der Waals surface area contributed by atoms with Crippen LogP contribution in [0, 0.1) is 6.92 Å². The van der Waals surface area contributed by atoms with Gasteiger partial charge in [-0.25, -0.2) is 0 Å². The van der Waals surface area contributed by atoms with Gasteiger partial charge in [-0.05, 0) is 44.0 Å². The molecular formula is C12H16Cl2N2O. The Labute approximate surface area is 112 Å². The average molecular weight is 275 g/mol. The summed E-state index contributed by atoms with van der Waals surface area (Å²) in [6.07, 6.45) is 1.97. The molecule has 0 saturated carbocycles. The first-order chi connectivity index (χ1) is 7.68. The van der Waals surface area contributed by atoms with E-state index < -0.39 is 0 Å². The Morgan fingerprint density at radius 3 is 2.94 bits per heavy atom. The number of hydrogen-bond donors (Lipinski definition) is 2. The van der Waals surface area contributed by atoms with Crippen LogP contribution in [0.15, 0.2) is 18.2 Å². The summed E-state index contributed by atoms with van der Waals surface area (Å²) in [5.41, 5.74) is 1.71. The van der Waals surface area contributed by atoms with Gasteiger partial charge in [-0.2, -0.15) is 0 Å². The second-order valence-corrected chi connectivity index (χ2v) is 4.46. The van der Waals surface area contributed by atoms with Gasteiger partial charge in [0.1, 0.15) is 0 Å². The summed E-state index contributed by atoms with van der Waals surface area (Å²) in [7, 11) is 0. The first-order valence-corrected chi connectivity index (χ1v) is 5.85. The molecule has 1 aromatic rings. The Balaban J connectivity index is 0.00000144. The first kappa shape index (κ1) is 14.3. The molecule has 1 saturated heterocycles. The number of benzene rings is 1. The third kappa shape index (κ3) is 3.35. The van der Waals surface area contributed by atoms with Crippen LogP contribution in [-0.2, 0) is 4.79 Å². The maximum atomic E-state index is 11.9. The van der Waals surface area contributed by atoms with Gasteiger partial charge in [0.05, 0.1) is 6.04 Å². The number of nitrogens with one attached hydrogen (secondary N) is 2. The van der Waals surface area contributed by atoms with Crippen molar-refractivity contribution in [2.75, 3.05) is 11.9 Å². The molecule has 94 valence electrons. The highest BCUT2D eigenvalue weighted by atomic mass is 35.5. The summed E-state index contributed by atoms with van der Waals surface area (Å²) < 4.78 is 0. The van der Waals surface area contributed by atoms with E-state index in [9.17, 15) is 4.79 Å². The summed E-state index contributed by atoms with van der Waals surface area (Å²) in [4.78, 5) is 11.9.